The summed E-state index contributed by atoms with van der Waals surface area (Å²) >= 11 is 12.9. The van der Waals surface area contributed by atoms with Gasteiger partial charge in [-0.15, -0.1) is 10.2 Å². The van der Waals surface area contributed by atoms with E-state index in [1.54, 1.807) is 30.3 Å². The van der Waals surface area contributed by atoms with Gasteiger partial charge in [0.25, 0.3) is 5.56 Å². The van der Waals surface area contributed by atoms with Gasteiger partial charge in [0, 0.05) is 10.6 Å². The van der Waals surface area contributed by atoms with Crippen molar-refractivity contribution in [1.82, 2.24) is 15.2 Å². The summed E-state index contributed by atoms with van der Waals surface area (Å²) in [4.78, 5) is 26.8. The maximum absolute atomic E-state index is 12.2. The smallest absolute Gasteiger partial charge is 0.278 e. The number of anilines is 1. The van der Waals surface area contributed by atoms with Gasteiger partial charge in [0.1, 0.15) is 5.75 Å². The normalized spacial score (nSPS) is 10.6. The van der Waals surface area contributed by atoms with Crippen LogP contribution < -0.4 is 10.9 Å². The second-order valence-corrected chi connectivity index (χ2v) is 7.12. The average molecular weight is 423 g/mol. The summed E-state index contributed by atoms with van der Waals surface area (Å²) in [5.74, 6) is -0.262. The van der Waals surface area contributed by atoms with E-state index in [0.29, 0.717) is 21.3 Å². The molecule has 0 saturated carbocycles. The van der Waals surface area contributed by atoms with E-state index in [9.17, 15) is 14.7 Å². The Labute approximate surface area is 167 Å². The second kappa shape index (κ2) is 8.43. The van der Waals surface area contributed by atoms with Crippen LogP contribution in [0.25, 0.3) is 11.3 Å². The number of aromatic amines is 1. The molecular weight excluding hydrogens is 411 g/mol. The van der Waals surface area contributed by atoms with E-state index in [1.807, 2.05) is 0 Å². The number of phenolic OH excluding ortho intramolecular Hbond substituents is 1. The first-order valence-corrected chi connectivity index (χ1v) is 9.30. The van der Waals surface area contributed by atoms with Crippen molar-refractivity contribution >= 4 is 46.6 Å². The summed E-state index contributed by atoms with van der Waals surface area (Å²) in [6.45, 7) is 0. The molecule has 0 aliphatic rings. The first kappa shape index (κ1) is 19.2. The molecule has 0 spiro atoms. The molecule has 0 fully saturated rings. The lowest BCUT2D eigenvalue weighted by molar-refractivity contribution is -0.113. The fourth-order valence-electron chi connectivity index (χ4n) is 2.11. The van der Waals surface area contributed by atoms with Crippen molar-refractivity contribution < 1.29 is 9.90 Å². The van der Waals surface area contributed by atoms with Crippen molar-refractivity contribution in [2.75, 3.05) is 11.1 Å². The van der Waals surface area contributed by atoms with Gasteiger partial charge in [-0.25, -0.2) is 0 Å². The van der Waals surface area contributed by atoms with E-state index in [4.69, 9.17) is 23.2 Å². The molecule has 27 heavy (non-hydrogen) atoms. The van der Waals surface area contributed by atoms with Crippen LogP contribution in [0.5, 0.6) is 5.75 Å². The lowest BCUT2D eigenvalue weighted by atomic mass is 10.1. The molecule has 2 aromatic carbocycles. The Morgan fingerprint density at radius 1 is 1.15 bits per heavy atom. The topological polar surface area (TPSA) is 108 Å². The Morgan fingerprint density at radius 2 is 1.89 bits per heavy atom. The highest BCUT2D eigenvalue weighted by molar-refractivity contribution is 7.99. The molecule has 0 radical (unpaired) electrons. The lowest BCUT2D eigenvalue weighted by Gasteiger charge is -2.07. The van der Waals surface area contributed by atoms with Crippen molar-refractivity contribution in [1.29, 1.82) is 0 Å². The summed E-state index contributed by atoms with van der Waals surface area (Å²) in [6, 6.07) is 10.8. The Balaban J connectivity index is 1.65. The van der Waals surface area contributed by atoms with Gasteiger partial charge in [0.05, 0.1) is 16.5 Å². The van der Waals surface area contributed by atoms with Gasteiger partial charge in [-0.05, 0) is 42.5 Å². The van der Waals surface area contributed by atoms with Gasteiger partial charge in [-0.3, -0.25) is 14.6 Å². The Bertz CT molecular complexity index is 1040. The lowest BCUT2D eigenvalue weighted by Crippen LogP contribution is -2.17. The fourth-order valence-corrected chi connectivity index (χ4v) is 3.05. The van der Waals surface area contributed by atoms with Gasteiger partial charge >= 0.3 is 0 Å². The minimum atomic E-state index is -0.448. The first-order valence-electron chi connectivity index (χ1n) is 7.56. The molecule has 0 unspecified atom stereocenters. The highest BCUT2D eigenvalue weighted by atomic mass is 35.5. The van der Waals surface area contributed by atoms with Crippen LogP contribution in [0.15, 0.2) is 52.4 Å². The Hall–Kier alpha value is -2.55. The quantitative estimate of drug-likeness (QED) is 0.542. The number of rotatable bonds is 5. The van der Waals surface area contributed by atoms with Crippen LogP contribution in [0.2, 0.25) is 10.0 Å². The van der Waals surface area contributed by atoms with Crippen LogP contribution in [0.3, 0.4) is 0 Å². The molecule has 3 N–H and O–H groups in total. The number of hydrogen-bond donors (Lipinski definition) is 3. The summed E-state index contributed by atoms with van der Waals surface area (Å²) in [5, 5.41) is 20.8. The molecule has 3 rings (SSSR count). The third kappa shape index (κ3) is 5.00. The third-order valence-corrected chi connectivity index (χ3v) is 4.79. The molecule has 0 atom stereocenters. The predicted molar refractivity (Wildman–Crippen MR) is 106 cm³/mol. The predicted octanol–water partition coefficient (Wildman–Crippen LogP) is 3.58. The van der Waals surface area contributed by atoms with Gasteiger partial charge in [-0.2, -0.15) is 0 Å². The highest BCUT2D eigenvalue weighted by Crippen LogP contribution is 2.25. The molecule has 3 aromatic rings. The molecule has 1 heterocycles. The number of thioether (sulfide) groups is 1. The number of carbonyl (C=O) groups excluding carboxylic acids is 1. The molecule has 1 aromatic heterocycles. The fraction of sp³-hybridized carbons (Fsp3) is 0.0588. The number of aromatic hydroxyl groups is 1. The van der Waals surface area contributed by atoms with Crippen LogP contribution in [0, 0.1) is 0 Å². The number of aromatic nitrogens is 3. The summed E-state index contributed by atoms with van der Waals surface area (Å²) in [6.07, 6.45) is 0. The summed E-state index contributed by atoms with van der Waals surface area (Å²) in [5.41, 5.74) is 0.592. The van der Waals surface area contributed by atoms with Gasteiger partial charge in [0.15, 0.2) is 10.9 Å². The maximum Gasteiger partial charge on any atom is 0.278 e. The number of carbonyl (C=O) groups is 1. The summed E-state index contributed by atoms with van der Waals surface area (Å²) < 4.78 is 0. The van der Waals surface area contributed by atoms with Crippen molar-refractivity contribution in [2.45, 2.75) is 5.16 Å². The largest absolute Gasteiger partial charge is 0.508 e. The highest BCUT2D eigenvalue weighted by Gasteiger charge is 2.11. The van der Waals surface area contributed by atoms with E-state index in [1.165, 1.54) is 12.1 Å². The molecule has 0 aliphatic heterocycles. The zero-order valence-electron chi connectivity index (χ0n) is 13.6. The van der Waals surface area contributed by atoms with Crippen LogP contribution in [0.4, 0.5) is 5.69 Å². The van der Waals surface area contributed by atoms with E-state index in [0.717, 1.165) is 11.8 Å². The molecule has 0 saturated heterocycles. The third-order valence-electron chi connectivity index (χ3n) is 3.36. The zero-order chi connectivity index (χ0) is 19.4. The van der Waals surface area contributed by atoms with E-state index < -0.39 is 5.56 Å². The average Bonchev–Trinajstić information content (AvgIpc) is 2.64. The number of nitrogens with one attached hydrogen (secondary N) is 2. The van der Waals surface area contributed by atoms with E-state index >= 15 is 0 Å². The number of nitrogens with zero attached hydrogens (tertiary/aromatic N) is 2. The monoisotopic (exact) mass is 422 g/mol. The van der Waals surface area contributed by atoms with Gasteiger partial charge < -0.3 is 10.4 Å². The van der Waals surface area contributed by atoms with Crippen molar-refractivity contribution in [3.8, 4) is 17.0 Å². The van der Waals surface area contributed by atoms with E-state index in [-0.39, 0.29) is 28.3 Å². The number of benzene rings is 2. The van der Waals surface area contributed by atoms with Crippen LogP contribution >= 0.6 is 35.0 Å². The summed E-state index contributed by atoms with van der Waals surface area (Å²) in [7, 11) is 0. The van der Waals surface area contributed by atoms with Gasteiger partial charge in [-0.1, -0.05) is 35.0 Å². The first-order chi connectivity index (χ1) is 12.9. The number of halogens is 2. The number of hydrogen-bond acceptors (Lipinski definition) is 6. The maximum atomic E-state index is 12.2. The van der Waals surface area contributed by atoms with E-state index in [2.05, 4.69) is 20.5 Å². The van der Waals surface area contributed by atoms with Crippen LogP contribution in [-0.2, 0) is 4.79 Å². The number of amides is 1. The Morgan fingerprint density at radius 3 is 2.59 bits per heavy atom. The molecule has 1 amide bonds. The minimum Gasteiger partial charge on any atom is -0.508 e. The van der Waals surface area contributed by atoms with Crippen LogP contribution in [-0.4, -0.2) is 31.9 Å². The molecule has 138 valence electrons. The van der Waals surface area contributed by atoms with Crippen molar-refractivity contribution in [3.05, 3.63) is 62.9 Å². The van der Waals surface area contributed by atoms with Crippen molar-refractivity contribution in [3.63, 3.8) is 0 Å². The molecular formula is C17H12Cl2N4O3S. The van der Waals surface area contributed by atoms with Gasteiger partial charge in [0.2, 0.25) is 5.91 Å². The SMILES string of the molecule is O=C(CSc1nnc(-c2ccc(O)cc2)c(=O)[nH]1)Nc1cc(Cl)ccc1Cl. The molecule has 10 heteroatoms. The zero-order valence-corrected chi connectivity index (χ0v) is 15.9. The molecule has 7 nitrogen and oxygen atoms in total. The molecule has 0 bridgehead atoms. The minimum absolute atomic E-state index is 0.00792. The standard InChI is InChI=1S/C17H12Cl2N4O3S/c18-10-3-6-12(19)13(7-10)20-14(25)8-27-17-21-16(26)15(22-23-17)9-1-4-11(24)5-2-9/h1-7,24H,8H2,(H,20,25)(H,21,23,26). The van der Waals surface area contributed by atoms with Crippen LogP contribution in [0.1, 0.15) is 0 Å². The second-order valence-electron chi connectivity index (χ2n) is 5.32. The van der Waals surface area contributed by atoms with Crippen molar-refractivity contribution in [2.24, 2.45) is 0 Å². The number of phenols is 1. The Kier molecular flexibility index (Phi) is 6.00. The number of H-pyrrole nitrogens is 1. The molecule has 0 aliphatic carbocycles.